The Labute approximate surface area is 106 Å². The van der Waals surface area contributed by atoms with E-state index in [1.165, 1.54) is 6.07 Å². The molecule has 1 rings (SSSR count). The van der Waals surface area contributed by atoms with Gasteiger partial charge in [-0.3, -0.25) is 10.1 Å². The Kier molecular flexibility index (Phi) is 5.38. The second kappa shape index (κ2) is 6.80. The van der Waals surface area contributed by atoms with Crippen molar-refractivity contribution in [2.75, 3.05) is 18.5 Å². The average Bonchev–Trinajstić information content (AvgIpc) is 2.36. The van der Waals surface area contributed by atoms with Crippen LogP contribution in [0.25, 0.3) is 0 Å². The van der Waals surface area contributed by atoms with Gasteiger partial charge in [0, 0.05) is 30.4 Å². The lowest BCUT2D eigenvalue weighted by molar-refractivity contribution is -0.385. The first-order valence-electron chi connectivity index (χ1n) is 5.99. The van der Waals surface area contributed by atoms with Gasteiger partial charge in [-0.1, -0.05) is 6.92 Å². The van der Waals surface area contributed by atoms with E-state index < -0.39 is 4.92 Å². The molecule has 0 aliphatic heterocycles. The van der Waals surface area contributed by atoms with Crippen molar-refractivity contribution in [3.63, 3.8) is 0 Å². The third-order valence-electron chi connectivity index (χ3n) is 2.55. The number of nitrogens with two attached hydrogens (primary N) is 1. The molecule has 1 unspecified atom stereocenters. The lowest BCUT2D eigenvalue weighted by atomic mass is 10.2. The van der Waals surface area contributed by atoms with E-state index in [4.69, 9.17) is 10.5 Å². The van der Waals surface area contributed by atoms with Crippen LogP contribution in [0.4, 0.5) is 11.4 Å². The number of rotatable bonds is 7. The monoisotopic (exact) mass is 253 g/mol. The van der Waals surface area contributed by atoms with Crippen LogP contribution in [0.1, 0.15) is 20.3 Å². The predicted octanol–water partition coefficient (Wildman–Crippen LogP) is 2.14. The Hall–Kier alpha value is -1.82. The summed E-state index contributed by atoms with van der Waals surface area (Å²) < 4.78 is 5.26. The fourth-order valence-corrected chi connectivity index (χ4v) is 1.44. The molecule has 0 saturated heterocycles. The van der Waals surface area contributed by atoms with Crippen LogP contribution in [-0.4, -0.2) is 24.1 Å². The summed E-state index contributed by atoms with van der Waals surface area (Å²) in [4.78, 5) is 10.4. The molecule has 0 bridgehead atoms. The summed E-state index contributed by atoms with van der Waals surface area (Å²) in [6.07, 6.45) is 0.873. The first-order chi connectivity index (χ1) is 8.58. The van der Waals surface area contributed by atoms with Crippen LogP contribution in [0.15, 0.2) is 18.2 Å². The molecule has 100 valence electrons. The second-order valence-electron chi connectivity index (χ2n) is 3.92. The van der Waals surface area contributed by atoms with Gasteiger partial charge in [0.25, 0.3) is 0 Å². The summed E-state index contributed by atoms with van der Waals surface area (Å²) >= 11 is 0. The van der Waals surface area contributed by atoms with E-state index in [2.05, 4.69) is 5.32 Å². The van der Waals surface area contributed by atoms with Crippen LogP contribution in [0.2, 0.25) is 0 Å². The van der Waals surface area contributed by atoms with Crippen LogP contribution in [0, 0.1) is 10.1 Å². The van der Waals surface area contributed by atoms with E-state index in [1.807, 2.05) is 6.92 Å². The summed E-state index contributed by atoms with van der Waals surface area (Å²) in [6.45, 7) is 4.81. The molecule has 6 heteroatoms. The van der Waals surface area contributed by atoms with Crippen molar-refractivity contribution in [2.24, 2.45) is 5.73 Å². The van der Waals surface area contributed by atoms with Crippen molar-refractivity contribution in [3.8, 4) is 5.75 Å². The van der Waals surface area contributed by atoms with Gasteiger partial charge in [0.2, 0.25) is 0 Å². The number of nitrogens with zero attached hydrogens (tertiary/aromatic N) is 1. The topological polar surface area (TPSA) is 90.4 Å². The van der Waals surface area contributed by atoms with Gasteiger partial charge < -0.3 is 15.8 Å². The van der Waals surface area contributed by atoms with Gasteiger partial charge in [0.15, 0.2) is 5.75 Å². The number of nitro groups is 1. The fourth-order valence-electron chi connectivity index (χ4n) is 1.44. The molecule has 0 radical (unpaired) electrons. The molecule has 0 heterocycles. The minimum absolute atomic E-state index is 0.0258. The lowest BCUT2D eigenvalue weighted by Crippen LogP contribution is -2.27. The zero-order valence-corrected chi connectivity index (χ0v) is 10.7. The Morgan fingerprint density at radius 2 is 2.22 bits per heavy atom. The highest BCUT2D eigenvalue weighted by Gasteiger charge is 2.15. The smallest absolute Gasteiger partial charge is 0.311 e. The van der Waals surface area contributed by atoms with Gasteiger partial charge in [0.05, 0.1) is 11.5 Å². The van der Waals surface area contributed by atoms with Crippen LogP contribution in [-0.2, 0) is 0 Å². The Morgan fingerprint density at radius 1 is 1.50 bits per heavy atom. The van der Waals surface area contributed by atoms with Gasteiger partial charge in [-0.2, -0.15) is 0 Å². The van der Waals surface area contributed by atoms with E-state index in [9.17, 15) is 10.1 Å². The number of hydrogen-bond acceptors (Lipinski definition) is 5. The van der Waals surface area contributed by atoms with E-state index in [0.29, 0.717) is 13.2 Å². The van der Waals surface area contributed by atoms with Crippen LogP contribution in [0.3, 0.4) is 0 Å². The molecule has 3 N–H and O–H groups in total. The number of nitrogens with one attached hydrogen (secondary N) is 1. The molecule has 1 atom stereocenters. The van der Waals surface area contributed by atoms with Gasteiger partial charge in [-0.05, 0) is 19.4 Å². The van der Waals surface area contributed by atoms with E-state index in [0.717, 1.165) is 12.1 Å². The maximum Gasteiger partial charge on any atom is 0.311 e. The minimum atomic E-state index is -0.452. The lowest BCUT2D eigenvalue weighted by Gasteiger charge is -2.12. The molecule has 18 heavy (non-hydrogen) atoms. The maximum atomic E-state index is 10.8. The number of nitro benzene ring substituents is 1. The maximum absolute atomic E-state index is 10.8. The van der Waals surface area contributed by atoms with Crippen molar-refractivity contribution in [1.29, 1.82) is 0 Å². The van der Waals surface area contributed by atoms with Crippen molar-refractivity contribution < 1.29 is 9.66 Å². The summed E-state index contributed by atoms with van der Waals surface area (Å²) in [5.74, 6) is 0.276. The molecule has 1 aromatic rings. The molecular formula is C12H19N3O3. The van der Waals surface area contributed by atoms with Crippen molar-refractivity contribution in [2.45, 2.75) is 26.3 Å². The Morgan fingerprint density at radius 3 is 2.78 bits per heavy atom. The SMILES string of the molecule is CCOc1cc(NCC(N)CC)ccc1[N+](=O)[O-]. The molecule has 6 nitrogen and oxygen atoms in total. The molecule has 0 spiro atoms. The zero-order chi connectivity index (χ0) is 13.5. The number of anilines is 1. The zero-order valence-electron chi connectivity index (χ0n) is 10.7. The molecule has 1 aromatic carbocycles. The number of benzene rings is 1. The highest BCUT2D eigenvalue weighted by atomic mass is 16.6. The molecule has 0 aliphatic carbocycles. The third kappa shape index (κ3) is 3.89. The summed E-state index contributed by atoms with van der Waals surface area (Å²) in [5, 5.41) is 13.9. The second-order valence-corrected chi connectivity index (χ2v) is 3.92. The quantitative estimate of drug-likeness (QED) is 0.574. The Balaban J connectivity index is 2.82. The highest BCUT2D eigenvalue weighted by Crippen LogP contribution is 2.29. The molecule has 0 saturated carbocycles. The minimum Gasteiger partial charge on any atom is -0.487 e. The van der Waals surface area contributed by atoms with Gasteiger partial charge >= 0.3 is 5.69 Å². The first-order valence-corrected chi connectivity index (χ1v) is 5.99. The number of ether oxygens (including phenoxy) is 1. The normalized spacial score (nSPS) is 11.9. The Bertz CT molecular complexity index is 410. The number of hydrogen-bond donors (Lipinski definition) is 2. The van der Waals surface area contributed by atoms with Crippen molar-refractivity contribution in [3.05, 3.63) is 28.3 Å². The summed E-state index contributed by atoms with van der Waals surface area (Å²) in [7, 11) is 0. The molecule has 0 aromatic heterocycles. The van der Waals surface area contributed by atoms with Crippen molar-refractivity contribution in [1.82, 2.24) is 0 Å². The van der Waals surface area contributed by atoms with E-state index in [-0.39, 0.29) is 17.5 Å². The van der Waals surface area contributed by atoms with Crippen LogP contribution in [0.5, 0.6) is 5.75 Å². The average molecular weight is 253 g/mol. The summed E-state index contributed by atoms with van der Waals surface area (Å²) in [6, 6.07) is 4.79. The predicted molar refractivity (Wildman–Crippen MR) is 71.0 cm³/mol. The first kappa shape index (κ1) is 14.2. The van der Waals surface area contributed by atoms with Gasteiger partial charge in [-0.25, -0.2) is 0 Å². The standard InChI is InChI=1S/C12H19N3O3/c1-3-9(13)8-14-10-5-6-11(15(16)17)12(7-10)18-4-2/h5-7,9,14H,3-4,8,13H2,1-2H3. The van der Waals surface area contributed by atoms with Gasteiger partial charge in [0.1, 0.15) is 0 Å². The van der Waals surface area contributed by atoms with Crippen molar-refractivity contribution >= 4 is 11.4 Å². The van der Waals surface area contributed by atoms with E-state index >= 15 is 0 Å². The third-order valence-corrected chi connectivity index (χ3v) is 2.55. The summed E-state index contributed by atoms with van der Waals surface area (Å²) in [5.41, 5.74) is 6.54. The molecule has 0 amide bonds. The van der Waals surface area contributed by atoms with Gasteiger partial charge in [-0.15, -0.1) is 0 Å². The van der Waals surface area contributed by atoms with Crippen LogP contribution < -0.4 is 15.8 Å². The largest absolute Gasteiger partial charge is 0.487 e. The van der Waals surface area contributed by atoms with Crippen LogP contribution >= 0.6 is 0 Å². The molecule has 0 aliphatic rings. The highest BCUT2D eigenvalue weighted by molar-refractivity contribution is 5.58. The molecular weight excluding hydrogens is 234 g/mol. The fraction of sp³-hybridized carbons (Fsp3) is 0.500. The van der Waals surface area contributed by atoms with E-state index in [1.54, 1.807) is 19.1 Å². The molecule has 0 fully saturated rings.